The number of methoxy groups -OCH3 is 1. The third-order valence-corrected chi connectivity index (χ3v) is 7.07. The molecule has 9 nitrogen and oxygen atoms in total. The molecule has 1 aromatic carbocycles. The zero-order valence-electron chi connectivity index (χ0n) is 19.8. The van der Waals surface area contributed by atoms with E-state index in [1.807, 2.05) is 25.5 Å². The SMILES string of the molecule is COc1cc(-c2cnn(C)c2)cn2ncc(C#Cc3ccnc(NS(=O)(=O)c4ccccc4C)c3)c12. The average molecular weight is 499 g/mol. The minimum Gasteiger partial charge on any atom is -0.494 e. The molecule has 0 saturated heterocycles. The summed E-state index contributed by atoms with van der Waals surface area (Å²) in [5, 5.41) is 8.67. The molecule has 0 spiro atoms. The third kappa shape index (κ3) is 4.52. The van der Waals surface area contributed by atoms with Crippen LogP contribution in [0.3, 0.4) is 0 Å². The number of nitrogens with one attached hydrogen (secondary N) is 1. The fourth-order valence-corrected chi connectivity index (χ4v) is 5.06. The van der Waals surface area contributed by atoms with Gasteiger partial charge in [-0.1, -0.05) is 30.0 Å². The van der Waals surface area contributed by atoms with Crippen molar-refractivity contribution >= 4 is 21.4 Å². The summed E-state index contributed by atoms with van der Waals surface area (Å²) in [6, 6.07) is 12.0. The summed E-state index contributed by atoms with van der Waals surface area (Å²) in [6.45, 7) is 1.74. The molecule has 0 aliphatic carbocycles. The Morgan fingerprint density at radius 1 is 1.00 bits per heavy atom. The summed E-state index contributed by atoms with van der Waals surface area (Å²) < 4.78 is 37.2. The molecule has 1 N–H and O–H groups in total. The molecule has 4 heterocycles. The highest BCUT2D eigenvalue weighted by Crippen LogP contribution is 2.29. The highest BCUT2D eigenvalue weighted by molar-refractivity contribution is 7.92. The van der Waals surface area contributed by atoms with Crippen LogP contribution in [0, 0.1) is 18.8 Å². The van der Waals surface area contributed by atoms with E-state index in [1.165, 1.54) is 6.20 Å². The maximum absolute atomic E-state index is 12.8. The Labute approximate surface area is 208 Å². The smallest absolute Gasteiger partial charge is 0.263 e. The van der Waals surface area contributed by atoms with Gasteiger partial charge in [0, 0.05) is 42.3 Å². The van der Waals surface area contributed by atoms with Gasteiger partial charge in [-0.3, -0.25) is 9.40 Å². The number of nitrogens with zero attached hydrogens (tertiary/aromatic N) is 5. The predicted octanol–water partition coefficient (Wildman–Crippen LogP) is 3.65. The maximum Gasteiger partial charge on any atom is 0.263 e. The second-order valence-corrected chi connectivity index (χ2v) is 9.75. The highest BCUT2D eigenvalue weighted by atomic mass is 32.2. The molecule has 0 bridgehead atoms. The lowest BCUT2D eigenvalue weighted by Gasteiger charge is -2.09. The van der Waals surface area contributed by atoms with Crippen LogP contribution in [0.4, 0.5) is 5.82 Å². The number of sulfonamides is 1. The summed E-state index contributed by atoms with van der Waals surface area (Å²) in [5.41, 5.74) is 4.50. The van der Waals surface area contributed by atoms with Crippen molar-refractivity contribution in [2.45, 2.75) is 11.8 Å². The molecule has 0 aliphatic rings. The van der Waals surface area contributed by atoms with Gasteiger partial charge in [0.25, 0.3) is 10.0 Å². The summed E-state index contributed by atoms with van der Waals surface area (Å²) in [7, 11) is -0.319. The van der Waals surface area contributed by atoms with Gasteiger partial charge in [0.15, 0.2) is 0 Å². The lowest BCUT2D eigenvalue weighted by molar-refractivity contribution is 0.417. The van der Waals surface area contributed by atoms with Crippen LogP contribution in [0.15, 0.2) is 78.3 Å². The predicted molar refractivity (Wildman–Crippen MR) is 136 cm³/mol. The second-order valence-electron chi connectivity index (χ2n) is 8.10. The Morgan fingerprint density at radius 3 is 2.58 bits per heavy atom. The summed E-state index contributed by atoms with van der Waals surface area (Å²) >= 11 is 0. The van der Waals surface area contributed by atoms with Crippen LogP contribution in [0.25, 0.3) is 16.6 Å². The van der Waals surface area contributed by atoms with Crippen molar-refractivity contribution in [3.63, 3.8) is 0 Å². The summed E-state index contributed by atoms with van der Waals surface area (Å²) in [4.78, 5) is 4.34. The number of anilines is 1. The van der Waals surface area contributed by atoms with Crippen molar-refractivity contribution < 1.29 is 13.2 Å². The fraction of sp³-hybridized carbons (Fsp3) is 0.115. The number of rotatable bonds is 5. The van der Waals surface area contributed by atoms with Crippen molar-refractivity contribution in [3.05, 3.63) is 90.1 Å². The van der Waals surface area contributed by atoms with Crippen LogP contribution in [-0.4, -0.2) is 39.9 Å². The number of hydrogen-bond acceptors (Lipinski definition) is 6. The molecule has 0 amide bonds. The molecule has 0 saturated carbocycles. The number of hydrogen-bond donors (Lipinski definition) is 1. The largest absolute Gasteiger partial charge is 0.494 e. The molecule has 36 heavy (non-hydrogen) atoms. The molecule has 4 aromatic heterocycles. The second kappa shape index (κ2) is 9.20. The molecular formula is C26H22N6O3S. The molecule has 0 radical (unpaired) electrons. The van der Waals surface area contributed by atoms with E-state index in [1.54, 1.807) is 72.0 Å². The zero-order chi connectivity index (χ0) is 25.3. The van der Waals surface area contributed by atoms with Crippen LogP contribution in [0.5, 0.6) is 5.75 Å². The van der Waals surface area contributed by atoms with Gasteiger partial charge >= 0.3 is 0 Å². The van der Waals surface area contributed by atoms with Crippen molar-refractivity contribution in [2.24, 2.45) is 7.05 Å². The van der Waals surface area contributed by atoms with E-state index in [0.29, 0.717) is 22.4 Å². The minimum atomic E-state index is -3.78. The standard InChI is InChI=1S/C26H22N6O3S/c1-18-6-4-5-7-24(18)36(33,34)30-25-12-19(10-11-27-25)8-9-20-14-29-32-17-21(13-23(35-3)26(20)32)22-15-28-31(2)16-22/h4-7,10-17H,1-3H3,(H,27,30). The van der Waals surface area contributed by atoms with Gasteiger partial charge in [-0.15, -0.1) is 0 Å². The fourth-order valence-electron chi connectivity index (χ4n) is 3.81. The number of pyridine rings is 2. The van der Waals surface area contributed by atoms with E-state index in [2.05, 4.69) is 31.7 Å². The van der Waals surface area contributed by atoms with E-state index in [-0.39, 0.29) is 10.7 Å². The van der Waals surface area contributed by atoms with E-state index < -0.39 is 10.0 Å². The Kier molecular flexibility index (Phi) is 5.91. The van der Waals surface area contributed by atoms with Gasteiger partial charge in [-0.25, -0.2) is 17.9 Å². The van der Waals surface area contributed by atoms with Gasteiger partial charge < -0.3 is 4.74 Å². The Balaban J connectivity index is 1.46. The van der Waals surface area contributed by atoms with Gasteiger partial charge in [-0.2, -0.15) is 10.2 Å². The number of ether oxygens (including phenoxy) is 1. The van der Waals surface area contributed by atoms with Crippen LogP contribution >= 0.6 is 0 Å². The summed E-state index contributed by atoms with van der Waals surface area (Å²) in [5.74, 6) is 7.00. The third-order valence-electron chi connectivity index (χ3n) is 5.56. The van der Waals surface area contributed by atoms with E-state index in [4.69, 9.17) is 4.74 Å². The molecule has 0 atom stereocenters. The van der Waals surface area contributed by atoms with Gasteiger partial charge in [0.05, 0.1) is 30.0 Å². The molecule has 10 heteroatoms. The van der Waals surface area contributed by atoms with Gasteiger partial charge in [0.2, 0.25) is 0 Å². The van der Waals surface area contributed by atoms with E-state index >= 15 is 0 Å². The molecule has 0 unspecified atom stereocenters. The molecule has 0 aliphatic heterocycles. The van der Waals surface area contributed by atoms with Gasteiger partial charge in [0.1, 0.15) is 17.1 Å². The first-order valence-electron chi connectivity index (χ1n) is 10.9. The Morgan fingerprint density at radius 2 is 1.83 bits per heavy atom. The number of fused-ring (bicyclic) bond motifs is 1. The quantitative estimate of drug-likeness (QED) is 0.371. The topological polar surface area (TPSA) is 103 Å². The highest BCUT2D eigenvalue weighted by Gasteiger charge is 2.17. The first kappa shape index (κ1) is 23.1. The van der Waals surface area contributed by atoms with Crippen LogP contribution in [0.2, 0.25) is 0 Å². The molecule has 0 fully saturated rings. The van der Waals surface area contributed by atoms with Crippen molar-refractivity contribution in [1.82, 2.24) is 24.4 Å². The number of benzene rings is 1. The first-order chi connectivity index (χ1) is 17.3. The lowest BCUT2D eigenvalue weighted by Crippen LogP contribution is -2.15. The monoisotopic (exact) mass is 498 g/mol. The van der Waals surface area contributed by atoms with Crippen LogP contribution in [0.1, 0.15) is 16.7 Å². The zero-order valence-corrected chi connectivity index (χ0v) is 20.6. The number of aromatic nitrogens is 5. The van der Waals surface area contributed by atoms with Gasteiger partial charge in [-0.05, 0) is 36.8 Å². The molecule has 5 aromatic rings. The normalized spacial score (nSPS) is 11.2. The minimum absolute atomic E-state index is 0.184. The molecular weight excluding hydrogens is 476 g/mol. The van der Waals surface area contributed by atoms with Crippen molar-refractivity contribution in [2.75, 3.05) is 11.8 Å². The summed E-state index contributed by atoms with van der Waals surface area (Å²) in [6.07, 6.45) is 8.76. The maximum atomic E-state index is 12.8. The lowest BCUT2D eigenvalue weighted by atomic mass is 10.1. The number of aryl methyl sites for hydroxylation is 2. The first-order valence-corrected chi connectivity index (χ1v) is 12.4. The average Bonchev–Trinajstić information content (AvgIpc) is 3.48. The van der Waals surface area contributed by atoms with Crippen molar-refractivity contribution in [3.8, 4) is 28.7 Å². The van der Waals surface area contributed by atoms with E-state index in [9.17, 15) is 8.42 Å². The Bertz CT molecular complexity index is 1760. The Hall–Kier alpha value is -4.62. The molecule has 180 valence electrons. The van der Waals surface area contributed by atoms with Crippen LogP contribution < -0.4 is 9.46 Å². The van der Waals surface area contributed by atoms with E-state index in [0.717, 1.165) is 16.6 Å². The molecule has 5 rings (SSSR count). The van der Waals surface area contributed by atoms with Crippen LogP contribution in [-0.2, 0) is 17.1 Å². The van der Waals surface area contributed by atoms with Crippen molar-refractivity contribution in [1.29, 1.82) is 0 Å².